The maximum absolute atomic E-state index is 12.6. The van der Waals surface area contributed by atoms with Gasteiger partial charge in [-0.3, -0.25) is 9.59 Å². The lowest BCUT2D eigenvalue weighted by atomic mass is 9.96. The minimum Gasteiger partial charge on any atom is -0.362 e. The first-order valence-electron chi connectivity index (χ1n) is 7.30. The third-order valence-corrected chi connectivity index (χ3v) is 4.05. The van der Waals surface area contributed by atoms with Gasteiger partial charge < -0.3 is 9.57 Å². The van der Waals surface area contributed by atoms with E-state index in [2.05, 4.69) is 0 Å². The van der Waals surface area contributed by atoms with Crippen molar-refractivity contribution in [1.29, 1.82) is 0 Å². The number of carbonyl (C=O) groups is 3. The predicted molar refractivity (Wildman–Crippen MR) is 83.8 cm³/mol. The summed E-state index contributed by atoms with van der Waals surface area (Å²) in [6.45, 7) is 1.52. The average Bonchev–Trinajstić information content (AvgIpc) is 2.87. The Bertz CT molecular complexity index is 782. The monoisotopic (exact) mass is 325 g/mol. The second-order valence-corrected chi connectivity index (χ2v) is 5.43. The van der Waals surface area contributed by atoms with Gasteiger partial charge >= 0.3 is 5.97 Å². The Labute approximate surface area is 138 Å². The van der Waals surface area contributed by atoms with E-state index in [9.17, 15) is 14.4 Å². The molecule has 2 amide bonds. The molecular formula is C18H15NO5. The first kappa shape index (κ1) is 15.9. The van der Waals surface area contributed by atoms with Crippen molar-refractivity contribution in [3.63, 3.8) is 0 Å². The van der Waals surface area contributed by atoms with Gasteiger partial charge in [-0.1, -0.05) is 47.5 Å². The molecule has 0 N–H and O–H groups in total. The molecule has 122 valence electrons. The van der Waals surface area contributed by atoms with E-state index in [0.29, 0.717) is 10.6 Å². The number of fused-ring (bicyclic) bond motifs is 1. The van der Waals surface area contributed by atoms with E-state index in [1.54, 1.807) is 42.5 Å². The molecule has 6 heteroatoms. The van der Waals surface area contributed by atoms with Gasteiger partial charge in [-0.25, -0.2) is 4.79 Å². The van der Waals surface area contributed by atoms with Crippen LogP contribution in [0.3, 0.4) is 0 Å². The number of rotatable bonds is 4. The van der Waals surface area contributed by atoms with E-state index in [1.165, 1.54) is 26.2 Å². The molecule has 3 rings (SSSR count). The minimum atomic E-state index is -1.45. The molecule has 0 fully saturated rings. The molecule has 1 heterocycles. The number of benzene rings is 2. The molecule has 6 nitrogen and oxygen atoms in total. The Balaban J connectivity index is 1.88. The van der Waals surface area contributed by atoms with E-state index in [0.717, 1.165) is 0 Å². The molecule has 0 spiro atoms. The first-order chi connectivity index (χ1) is 11.5. The molecule has 0 bridgehead atoms. The molecule has 0 radical (unpaired) electrons. The van der Waals surface area contributed by atoms with Crippen LogP contribution in [0, 0.1) is 0 Å². The van der Waals surface area contributed by atoms with Crippen molar-refractivity contribution in [3.8, 4) is 0 Å². The third-order valence-electron chi connectivity index (χ3n) is 4.05. The number of carbonyl (C=O) groups excluding carboxylic acids is 3. The first-order valence-corrected chi connectivity index (χ1v) is 7.30. The smallest absolute Gasteiger partial charge is 0.362 e. The van der Waals surface area contributed by atoms with Crippen molar-refractivity contribution in [3.05, 3.63) is 71.3 Å². The van der Waals surface area contributed by atoms with Gasteiger partial charge in [0.05, 0.1) is 11.1 Å². The molecule has 0 saturated carbocycles. The summed E-state index contributed by atoms with van der Waals surface area (Å²) in [6, 6.07) is 15.0. The van der Waals surface area contributed by atoms with Gasteiger partial charge in [-0.05, 0) is 24.6 Å². The van der Waals surface area contributed by atoms with Crippen molar-refractivity contribution in [2.45, 2.75) is 12.5 Å². The fraction of sp³-hybridized carbons (Fsp3) is 0.167. The highest BCUT2D eigenvalue weighted by Crippen LogP contribution is 2.29. The van der Waals surface area contributed by atoms with Crippen LogP contribution in [0.25, 0.3) is 0 Å². The number of ether oxygens (including phenoxy) is 1. The molecule has 1 unspecified atom stereocenters. The number of imide groups is 1. The number of amides is 2. The molecule has 2 aromatic rings. The van der Waals surface area contributed by atoms with E-state index in [-0.39, 0.29) is 11.1 Å². The van der Waals surface area contributed by atoms with E-state index < -0.39 is 23.4 Å². The van der Waals surface area contributed by atoms with Crippen LogP contribution < -0.4 is 0 Å². The van der Waals surface area contributed by atoms with Crippen LogP contribution in [-0.4, -0.2) is 30.0 Å². The lowest BCUT2D eigenvalue weighted by Crippen LogP contribution is -2.42. The van der Waals surface area contributed by atoms with E-state index in [1.807, 2.05) is 0 Å². The highest BCUT2D eigenvalue weighted by atomic mass is 16.7. The fourth-order valence-electron chi connectivity index (χ4n) is 2.50. The van der Waals surface area contributed by atoms with Gasteiger partial charge in [-0.15, -0.1) is 0 Å². The molecule has 0 aliphatic carbocycles. The number of methoxy groups -OCH3 is 1. The maximum Gasteiger partial charge on any atom is 0.368 e. The van der Waals surface area contributed by atoms with Gasteiger partial charge in [0, 0.05) is 7.11 Å². The average molecular weight is 325 g/mol. The van der Waals surface area contributed by atoms with E-state index in [4.69, 9.17) is 9.57 Å². The number of nitrogens with zero attached hydrogens (tertiary/aromatic N) is 1. The summed E-state index contributed by atoms with van der Waals surface area (Å²) in [7, 11) is 1.36. The van der Waals surface area contributed by atoms with Gasteiger partial charge in [0.25, 0.3) is 11.8 Å². The van der Waals surface area contributed by atoms with Crippen molar-refractivity contribution >= 4 is 17.8 Å². The number of hydrogen-bond acceptors (Lipinski definition) is 5. The molecule has 1 atom stereocenters. The van der Waals surface area contributed by atoms with Gasteiger partial charge in [0.15, 0.2) is 5.60 Å². The van der Waals surface area contributed by atoms with Crippen LogP contribution in [0.2, 0.25) is 0 Å². The SMILES string of the molecule is COC(C)(C(=O)ON1C(=O)c2ccccc2C1=O)c1ccccc1. The van der Waals surface area contributed by atoms with Gasteiger partial charge in [0.1, 0.15) is 0 Å². The van der Waals surface area contributed by atoms with Gasteiger partial charge in [0.2, 0.25) is 0 Å². The van der Waals surface area contributed by atoms with Crippen LogP contribution in [0.15, 0.2) is 54.6 Å². The summed E-state index contributed by atoms with van der Waals surface area (Å²) in [5.41, 5.74) is -0.492. The summed E-state index contributed by atoms with van der Waals surface area (Å²) in [4.78, 5) is 42.3. The molecule has 24 heavy (non-hydrogen) atoms. The lowest BCUT2D eigenvalue weighted by molar-refractivity contribution is -0.193. The second-order valence-electron chi connectivity index (χ2n) is 5.43. The Kier molecular flexibility index (Phi) is 3.91. The number of hydrogen-bond donors (Lipinski definition) is 0. The Morgan fingerprint density at radius 1 is 0.917 bits per heavy atom. The second kappa shape index (κ2) is 5.90. The fourth-order valence-corrected chi connectivity index (χ4v) is 2.50. The van der Waals surface area contributed by atoms with Crippen molar-refractivity contribution in [1.82, 2.24) is 5.06 Å². The normalized spacial score (nSPS) is 15.8. The van der Waals surface area contributed by atoms with Crippen molar-refractivity contribution < 1.29 is 24.0 Å². The molecular weight excluding hydrogens is 310 g/mol. The molecule has 1 aliphatic rings. The Morgan fingerprint density at radius 2 is 1.42 bits per heavy atom. The van der Waals surface area contributed by atoms with E-state index >= 15 is 0 Å². The molecule has 1 aliphatic heterocycles. The Hall–Kier alpha value is -2.99. The summed E-state index contributed by atoms with van der Waals surface area (Å²) >= 11 is 0. The largest absolute Gasteiger partial charge is 0.368 e. The van der Waals surface area contributed by atoms with Crippen LogP contribution in [0.5, 0.6) is 0 Å². The van der Waals surface area contributed by atoms with Crippen molar-refractivity contribution in [2.75, 3.05) is 7.11 Å². The summed E-state index contributed by atoms with van der Waals surface area (Å²) in [5, 5.41) is 0.479. The standard InChI is InChI=1S/C18H15NO5/c1-18(23-2,12-8-4-3-5-9-12)17(22)24-19-15(20)13-10-6-7-11-14(13)16(19)21/h3-11H,1-2H3. The highest BCUT2D eigenvalue weighted by molar-refractivity contribution is 6.21. The van der Waals surface area contributed by atoms with Crippen LogP contribution >= 0.6 is 0 Å². The summed E-state index contributed by atoms with van der Waals surface area (Å²) in [6.07, 6.45) is 0. The zero-order valence-corrected chi connectivity index (χ0v) is 13.2. The molecule has 2 aromatic carbocycles. The number of hydroxylamine groups is 2. The molecule has 0 saturated heterocycles. The minimum absolute atomic E-state index is 0.203. The van der Waals surface area contributed by atoms with Crippen LogP contribution in [0.4, 0.5) is 0 Å². The zero-order chi connectivity index (χ0) is 17.3. The highest BCUT2D eigenvalue weighted by Gasteiger charge is 2.44. The van der Waals surface area contributed by atoms with Crippen LogP contribution in [-0.2, 0) is 20.0 Å². The summed E-state index contributed by atoms with van der Waals surface area (Å²) in [5.74, 6) is -2.20. The van der Waals surface area contributed by atoms with Gasteiger partial charge in [-0.2, -0.15) is 0 Å². The van der Waals surface area contributed by atoms with Crippen LogP contribution in [0.1, 0.15) is 33.2 Å². The Morgan fingerprint density at radius 3 is 1.92 bits per heavy atom. The summed E-state index contributed by atoms with van der Waals surface area (Å²) < 4.78 is 5.32. The lowest BCUT2D eigenvalue weighted by Gasteiger charge is -2.27. The quantitative estimate of drug-likeness (QED) is 0.807. The maximum atomic E-state index is 12.6. The van der Waals surface area contributed by atoms with Crippen molar-refractivity contribution in [2.24, 2.45) is 0 Å². The topological polar surface area (TPSA) is 72.9 Å². The molecule has 0 aromatic heterocycles. The third kappa shape index (κ3) is 2.37. The predicted octanol–water partition coefficient (Wildman–Crippen LogP) is 2.30. The zero-order valence-electron chi connectivity index (χ0n) is 13.2.